The SMILES string of the molecule is O=C(CNC(=O)c1ccc(F)cc1)NCCCn1cccn1. The molecule has 0 unspecified atom stereocenters. The number of carbonyl (C=O) groups is 2. The van der Waals surface area contributed by atoms with E-state index in [-0.39, 0.29) is 12.5 Å². The third-order valence-corrected chi connectivity index (χ3v) is 2.96. The minimum atomic E-state index is -0.411. The fraction of sp³-hybridized carbons (Fsp3) is 0.267. The predicted octanol–water partition coefficient (Wildman–Crippen LogP) is 0.958. The van der Waals surface area contributed by atoms with E-state index in [1.165, 1.54) is 24.3 Å². The van der Waals surface area contributed by atoms with Gasteiger partial charge in [-0.15, -0.1) is 0 Å². The summed E-state index contributed by atoms with van der Waals surface area (Å²) in [4.78, 5) is 23.3. The van der Waals surface area contributed by atoms with Crippen molar-refractivity contribution in [3.63, 3.8) is 0 Å². The minimum Gasteiger partial charge on any atom is -0.355 e. The smallest absolute Gasteiger partial charge is 0.251 e. The monoisotopic (exact) mass is 304 g/mol. The summed E-state index contributed by atoms with van der Waals surface area (Å²) in [5.41, 5.74) is 0.313. The first kappa shape index (κ1) is 15.7. The van der Waals surface area contributed by atoms with Crippen LogP contribution in [-0.4, -0.2) is 34.7 Å². The van der Waals surface area contributed by atoms with Crippen LogP contribution < -0.4 is 10.6 Å². The molecule has 0 aliphatic heterocycles. The normalized spacial score (nSPS) is 10.2. The van der Waals surface area contributed by atoms with Gasteiger partial charge in [-0.3, -0.25) is 14.3 Å². The molecule has 22 heavy (non-hydrogen) atoms. The molecule has 0 radical (unpaired) electrons. The summed E-state index contributed by atoms with van der Waals surface area (Å²) in [5, 5.41) is 9.24. The van der Waals surface area contributed by atoms with Crippen molar-refractivity contribution >= 4 is 11.8 Å². The van der Waals surface area contributed by atoms with Crippen molar-refractivity contribution in [2.24, 2.45) is 0 Å². The van der Waals surface area contributed by atoms with Gasteiger partial charge in [0.1, 0.15) is 5.82 Å². The molecule has 0 aliphatic rings. The Bertz CT molecular complexity index is 611. The Morgan fingerprint density at radius 1 is 1.18 bits per heavy atom. The van der Waals surface area contributed by atoms with Gasteiger partial charge in [-0.2, -0.15) is 5.10 Å². The topological polar surface area (TPSA) is 76.0 Å². The average molecular weight is 304 g/mol. The number of hydrogen-bond donors (Lipinski definition) is 2. The van der Waals surface area contributed by atoms with Crippen LogP contribution in [0.3, 0.4) is 0 Å². The van der Waals surface area contributed by atoms with E-state index >= 15 is 0 Å². The maximum absolute atomic E-state index is 12.7. The third kappa shape index (κ3) is 5.01. The number of amides is 2. The summed E-state index contributed by atoms with van der Waals surface area (Å²) in [6.45, 7) is 1.11. The second-order valence-corrected chi connectivity index (χ2v) is 4.66. The summed E-state index contributed by atoms with van der Waals surface area (Å²) in [7, 11) is 0. The first-order chi connectivity index (χ1) is 10.6. The number of carbonyl (C=O) groups excluding carboxylic acids is 2. The van der Waals surface area contributed by atoms with Crippen LogP contribution in [0.15, 0.2) is 42.7 Å². The van der Waals surface area contributed by atoms with E-state index in [0.717, 1.165) is 13.0 Å². The number of nitrogens with one attached hydrogen (secondary N) is 2. The Labute approximate surface area is 127 Å². The number of rotatable bonds is 7. The van der Waals surface area contributed by atoms with Crippen molar-refractivity contribution in [2.45, 2.75) is 13.0 Å². The first-order valence-corrected chi connectivity index (χ1v) is 6.93. The number of aromatic nitrogens is 2. The molecule has 0 atom stereocenters. The lowest BCUT2D eigenvalue weighted by Crippen LogP contribution is -2.37. The number of nitrogens with zero attached hydrogens (tertiary/aromatic N) is 2. The minimum absolute atomic E-state index is 0.113. The van der Waals surface area contributed by atoms with Crippen LogP contribution in [0.5, 0.6) is 0 Å². The summed E-state index contributed by atoms with van der Waals surface area (Å²) >= 11 is 0. The summed E-state index contributed by atoms with van der Waals surface area (Å²) in [5.74, 6) is -1.09. The maximum Gasteiger partial charge on any atom is 0.251 e. The molecule has 116 valence electrons. The largest absolute Gasteiger partial charge is 0.355 e. The molecule has 0 aliphatic carbocycles. The fourth-order valence-corrected chi connectivity index (χ4v) is 1.83. The molecule has 1 aromatic carbocycles. The van der Waals surface area contributed by atoms with Crippen LogP contribution in [0.4, 0.5) is 4.39 Å². The van der Waals surface area contributed by atoms with Gasteiger partial charge in [0.05, 0.1) is 6.54 Å². The number of benzene rings is 1. The lowest BCUT2D eigenvalue weighted by Gasteiger charge is -2.07. The van der Waals surface area contributed by atoms with E-state index in [2.05, 4.69) is 15.7 Å². The molecule has 0 spiro atoms. The molecule has 2 amide bonds. The van der Waals surface area contributed by atoms with Crippen molar-refractivity contribution in [1.82, 2.24) is 20.4 Å². The number of aryl methyl sites for hydroxylation is 1. The van der Waals surface area contributed by atoms with Crippen LogP contribution in [0, 0.1) is 5.82 Å². The Kier molecular flexibility index (Phi) is 5.65. The van der Waals surface area contributed by atoms with Crippen LogP contribution in [0.25, 0.3) is 0 Å². The van der Waals surface area contributed by atoms with Crippen molar-refractivity contribution in [3.05, 3.63) is 54.1 Å². The van der Waals surface area contributed by atoms with E-state index in [4.69, 9.17) is 0 Å². The summed E-state index contributed by atoms with van der Waals surface area (Å²) in [6.07, 6.45) is 4.30. The van der Waals surface area contributed by atoms with E-state index < -0.39 is 11.7 Å². The van der Waals surface area contributed by atoms with Gasteiger partial charge in [0.2, 0.25) is 5.91 Å². The molecule has 1 heterocycles. The van der Waals surface area contributed by atoms with Gasteiger partial charge in [-0.1, -0.05) is 0 Å². The molecule has 0 saturated carbocycles. The molecular formula is C15H17FN4O2. The predicted molar refractivity (Wildman–Crippen MR) is 78.6 cm³/mol. The quantitative estimate of drug-likeness (QED) is 0.748. The van der Waals surface area contributed by atoms with Crippen molar-refractivity contribution in [1.29, 1.82) is 0 Å². The molecule has 2 N–H and O–H groups in total. The second kappa shape index (κ2) is 7.92. The van der Waals surface area contributed by atoms with Crippen LogP contribution in [0.2, 0.25) is 0 Å². The Balaban J connectivity index is 1.62. The summed E-state index contributed by atoms with van der Waals surface area (Å²) in [6, 6.07) is 6.97. The zero-order valence-electron chi connectivity index (χ0n) is 12.0. The highest BCUT2D eigenvalue weighted by atomic mass is 19.1. The number of halogens is 1. The lowest BCUT2D eigenvalue weighted by atomic mass is 10.2. The van der Waals surface area contributed by atoms with E-state index in [1.807, 2.05) is 12.3 Å². The van der Waals surface area contributed by atoms with Gasteiger partial charge in [0.15, 0.2) is 0 Å². The van der Waals surface area contributed by atoms with Gasteiger partial charge < -0.3 is 10.6 Å². The van der Waals surface area contributed by atoms with Gasteiger partial charge in [0, 0.05) is 31.0 Å². The molecule has 0 saturated heterocycles. The molecular weight excluding hydrogens is 287 g/mol. The standard InChI is InChI=1S/C15H17FN4O2/c16-13-5-3-12(4-6-13)15(22)18-11-14(21)17-7-1-9-20-10-2-8-19-20/h2-6,8,10H,1,7,9,11H2,(H,17,21)(H,18,22). The van der Waals surface area contributed by atoms with Crippen LogP contribution in [0.1, 0.15) is 16.8 Å². The second-order valence-electron chi connectivity index (χ2n) is 4.66. The van der Waals surface area contributed by atoms with Gasteiger partial charge in [-0.25, -0.2) is 4.39 Å². The van der Waals surface area contributed by atoms with Crippen molar-refractivity contribution < 1.29 is 14.0 Å². The fourth-order valence-electron chi connectivity index (χ4n) is 1.83. The average Bonchev–Trinajstić information content (AvgIpc) is 3.03. The molecule has 6 nitrogen and oxygen atoms in total. The third-order valence-electron chi connectivity index (χ3n) is 2.96. The highest BCUT2D eigenvalue weighted by Gasteiger charge is 2.07. The van der Waals surface area contributed by atoms with Gasteiger partial charge >= 0.3 is 0 Å². The van der Waals surface area contributed by atoms with Gasteiger partial charge in [-0.05, 0) is 36.8 Å². The zero-order chi connectivity index (χ0) is 15.8. The zero-order valence-corrected chi connectivity index (χ0v) is 12.0. The van der Waals surface area contributed by atoms with Crippen LogP contribution in [-0.2, 0) is 11.3 Å². The molecule has 0 fully saturated rings. The van der Waals surface area contributed by atoms with E-state index in [1.54, 1.807) is 10.9 Å². The molecule has 7 heteroatoms. The van der Waals surface area contributed by atoms with E-state index in [9.17, 15) is 14.0 Å². The van der Waals surface area contributed by atoms with Crippen molar-refractivity contribution in [3.8, 4) is 0 Å². The Morgan fingerprint density at radius 2 is 1.95 bits per heavy atom. The van der Waals surface area contributed by atoms with Crippen LogP contribution >= 0.6 is 0 Å². The lowest BCUT2D eigenvalue weighted by molar-refractivity contribution is -0.120. The number of hydrogen-bond acceptors (Lipinski definition) is 3. The van der Waals surface area contributed by atoms with Crippen molar-refractivity contribution in [2.75, 3.05) is 13.1 Å². The molecule has 2 aromatic rings. The Morgan fingerprint density at radius 3 is 2.64 bits per heavy atom. The highest BCUT2D eigenvalue weighted by Crippen LogP contribution is 2.02. The first-order valence-electron chi connectivity index (χ1n) is 6.93. The maximum atomic E-state index is 12.7. The van der Waals surface area contributed by atoms with E-state index in [0.29, 0.717) is 12.1 Å². The summed E-state index contributed by atoms with van der Waals surface area (Å²) < 4.78 is 14.5. The molecule has 0 bridgehead atoms. The van der Waals surface area contributed by atoms with Gasteiger partial charge in [0.25, 0.3) is 5.91 Å². The highest BCUT2D eigenvalue weighted by molar-refractivity contribution is 5.96. The Hall–Kier alpha value is -2.70. The molecule has 1 aromatic heterocycles. The molecule has 2 rings (SSSR count).